The Balaban J connectivity index is 1.97. The van der Waals surface area contributed by atoms with E-state index >= 15 is 0 Å². The number of nitrogens with one attached hydrogen (secondary N) is 1. The summed E-state index contributed by atoms with van der Waals surface area (Å²) in [5.41, 5.74) is 6.77. The van der Waals surface area contributed by atoms with Crippen molar-refractivity contribution < 1.29 is 4.79 Å². The van der Waals surface area contributed by atoms with Gasteiger partial charge in [0.15, 0.2) is 0 Å². The molecule has 0 saturated heterocycles. The number of carbonyl (C=O) groups excluding carboxylic acids is 1. The summed E-state index contributed by atoms with van der Waals surface area (Å²) >= 11 is 6.83. The first-order valence-corrected chi connectivity index (χ1v) is 8.11. The molecule has 3 N–H and O–H groups in total. The van der Waals surface area contributed by atoms with Crippen LogP contribution < -0.4 is 11.1 Å². The van der Waals surface area contributed by atoms with E-state index in [0.29, 0.717) is 6.42 Å². The predicted molar refractivity (Wildman–Crippen MR) is 85.1 cm³/mol. The zero-order valence-electron chi connectivity index (χ0n) is 10.7. The molecule has 1 aliphatic carbocycles. The van der Waals surface area contributed by atoms with Gasteiger partial charge in [0.1, 0.15) is 0 Å². The van der Waals surface area contributed by atoms with E-state index in [1.54, 1.807) is 0 Å². The van der Waals surface area contributed by atoms with Gasteiger partial charge in [0.2, 0.25) is 5.91 Å². The average molecular weight is 390 g/mol. The van der Waals surface area contributed by atoms with Crippen LogP contribution in [0, 0.1) is 0 Å². The molecule has 19 heavy (non-hydrogen) atoms. The highest BCUT2D eigenvalue weighted by Gasteiger charge is 2.30. The van der Waals surface area contributed by atoms with E-state index in [9.17, 15) is 4.79 Å². The summed E-state index contributed by atoms with van der Waals surface area (Å²) in [5, 5.41) is 2.92. The number of rotatable bonds is 3. The fourth-order valence-corrected chi connectivity index (χ4v) is 3.68. The van der Waals surface area contributed by atoms with Gasteiger partial charge in [0, 0.05) is 20.9 Å². The van der Waals surface area contributed by atoms with E-state index in [1.165, 1.54) is 6.42 Å². The molecule has 0 bridgehead atoms. The number of anilines is 1. The van der Waals surface area contributed by atoms with Crippen molar-refractivity contribution in [3.63, 3.8) is 0 Å². The van der Waals surface area contributed by atoms with Gasteiger partial charge in [-0.15, -0.1) is 0 Å². The Bertz CT molecular complexity index is 471. The van der Waals surface area contributed by atoms with Crippen molar-refractivity contribution >= 4 is 43.5 Å². The molecule has 0 radical (unpaired) electrons. The standard InChI is InChI=1S/C14H18Br2N2O/c15-10-4-5-12(11(16)8-10)18-13(19)9-14(17)6-2-1-3-7-14/h4-5,8H,1-3,6-7,9,17H2,(H,18,19). The fraction of sp³-hybridized carbons (Fsp3) is 0.500. The van der Waals surface area contributed by atoms with Crippen LogP contribution in [0.1, 0.15) is 38.5 Å². The van der Waals surface area contributed by atoms with E-state index in [0.717, 1.165) is 40.3 Å². The maximum atomic E-state index is 12.1. The van der Waals surface area contributed by atoms with Crippen molar-refractivity contribution in [1.82, 2.24) is 0 Å². The van der Waals surface area contributed by atoms with Crippen LogP contribution >= 0.6 is 31.9 Å². The molecule has 0 heterocycles. The van der Waals surface area contributed by atoms with E-state index < -0.39 is 0 Å². The van der Waals surface area contributed by atoms with Crippen LogP contribution in [0.15, 0.2) is 27.1 Å². The quantitative estimate of drug-likeness (QED) is 0.813. The van der Waals surface area contributed by atoms with Gasteiger partial charge in [-0.1, -0.05) is 35.2 Å². The zero-order valence-corrected chi connectivity index (χ0v) is 13.9. The predicted octanol–water partition coefficient (Wildman–Crippen LogP) is 4.20. The molecule has 5 heteroatoms. The minimum absolute atomic E-state index is 0.00702. The number of hydrogen-bond donors (Lipinski definition) is 2. The van der Waals surface area contributed by atoms with Gasteiger partial charge in [0.25, 0.3) is 0 Å². The van der Waals surface area contributed by atoms with Gasteiger partial charge >= 0.3 is 0 Å². The van der Waals surface area contributed by atoms with Crippen LogP contribution in [0.4, 0.5) is 5.69 Å². The summed E-state index contributed by atoms with van der Waals surface area (Å²) < 4.78 is 1.84. The van der Waals surface area contributed by atoms with E-state index in [1.807, 2.05) is 18.2 Å². The van der Waals surface area contributed by atoms with Gasteiger partial charge in [-0.3, -0.25) is 4.79 Å². The second-order valence-electron chi connectivity index (χ2n) is 5.27. The normalized spacial score (nSPS) is 18.1. The summed E-state index contributed by atoms with van der Waals surface area (Å²) in [7, 11) is 0. The smallest absolute Gasteiger partial charge is 0.226 e. The third-order valence-corrected chi connectivity index (χ3v) is 4.72. The minimum atomic E-state index is -0.315. The van der Waals surface area contributed by atoms with Gasteiger partial charge in [-0.25, -0.2) is 0 Å². The van der Waals surface area contributed by atoms with Crippen LogP contribution in [0.5, 0.6) is 0 Å². The maximum absolute atomic E-state index is 12.1. The first-order valence-electron chi connectivity index (χ1n) is 6.52. The first kappa shape index (κ1) is 15.0. The van der Waals surface area contributed by atoms with Crippen LogP contribution in [0.3, 0.4) is 0 Å². The molecule has 3 nitrogen and oxygen atoms in total. The number of benzene rings is 1. The summed E-state index contributed by atoms with van der Waals surface area (Å²) in [4.78, 5) is 12.1. The van der Waals surface area contributed by atoms with Gasteiger partial charge < -0.3 is 11.1 Å². The molecule has 1 saturated carbocycles. The van der Waals surface area contributed by atoms with Crippen molar-refractivity contribution in [3.8, 4) is 0 Å². The molecule has 1 aromatic carbocycles. The summed E-state index contributed by atoms with van der Waals surface area (Å²) in [6.07, 6.45) is 5.79. The molecule has 1 aliphatic rings. The summed E-state index contributed by atoms with van der Waals surface area (Å²) in [6, 6.07) is 5.68. The number of carbonyl (C=O) groups is 1. The Morgan fingerprint density at radius 3 is 2.58 bits per heavy atom. The van der Waals surface area contributed by atoms with Gasteiger partial charge in [0.05, 0.1) is 5.69 Å². The third kappa shape index (κ3) is 4.29. The molecule has 0 spiro atoms. The number of nitrogens with two attached hydrogens (primary N) is 1. The molecule has 1 fully saturated rings. The van der Waals surface area contributed by atoms with Crippen molar-refractivity contribution in [2.24, 2.45) is 5.73 Å². The lowest BCUT2D eigenvalue weighted by Gasteiger charge is -2.32. The minimum Gasteiger partial charge on any atom is -0.325 e. The topological polar surface area (TPSA) is 55.1 Å². The number of amides is 1. The van der Waals surface area contributed by atoms with Gasteiger partial charge in [-0.05, 0) is 47.0 Å². The Kier molecular flexibility index (Phi) is 5.03. The van der Waals surface area contributed by atoms with Crippen molar-refractivity contribution in [1.29, 1.82) is 0 Å². The fourth-order valence-electron chi connectivity index (χ4n) is 2.54. The Morgan fingerprint density at radius 1 is 1.26 bits per heavy atom. The Labute approximate surface area is 130 Å². The number of hydrogen-bond acceptors (Lipinski definition) is 2. The Morgan fingerprint density at radius 2 is 1.95 bits per heavy atom. The zero-order chi connectivity index (χ0) is 13.9. The summed E-state index contributed by atoms with van der Waals surface area (Å²) in [6.45, 7) is 0. The Hall–Kier alpha value is -0.390. The average Bonchev–Trinajstić information content (AvgIpc) is 2.33. The largest absolute Gasteiger partial charge is 0.325 e. The SMILES string of the molecule is NC1(CC(=O)Nc2ccc(Br)cc2Br)CCCCC1. The highest BCUT2D eigenvalue weighted by atomic mass is 79.9. The van der Waals surface area contributed by atoms with Crippen molar-refractivity contribution in [2.45, 2.75) is 44.1 Å². The molecule has 2 rings (SSSR count). The third-order valence-electron chi connectivity index (χ3n) is 3.57. The van der Waals surface area contributed by atoms with Crippen molar-refractivity contribution in [3.05, 3.63) is 27.1 Å². The first-order chi connectivity index (χ1) is 8.98. The highest BCUT2D eigenvalue weighted by molar-refractivity contribution is 9.11. The van der Waals surface area contributed by atoms with Crippen LogP contribution in [-0.2, 0) is 4.79 Å². The van der Waals surface area contributed by atoms with Gasteiger partial charge in [-0.2, -0.15) is 0 Å². The molecular weight excluding hydrogens is 372 g/mol. The molecule has 104 valence electrons. The van der Waals surface area contributed by atoms with Crippen LogP contribution in [0.2, 0.25) is 0 Å². The van der Waals surface area contributed by atoms with E-state index in [4.69, 9.17) is 5.73 Å². The molecule has 0 aliphatic heterocycles. The molecule has 1 aromatic rings. The van der Waals surface area contributed by atoms with Crippen LogP contribution in [-0.4, -0.2) is 11.4 Å². The lowest BCUT2D eigenvalue weighted by Crippen LogP contribution is -2.44. The second-order valence-corrected chi connectivity index (χ2v) is 7.04. The number of halogens is 2. The summed E-state index contributed by atoms with van der Waals surface area (Å²) in [5.74, 6) is -0.00702. The molecule has 0 atom stereocenters. The molecule has 1 amide bonds. The highest BCUT2D eigenvalue weighted by Crippen LogP contribution is 2.30. The van der Waals surface area contributed by atoms with Crippen LogP contribution in [0.25, 0.3) is 0 Å². The lowest BCUT2D eigenvalue weighted by atomic mass is 9.80. The lowest BCUT2D eigenvalue weighted by molar-refractivity contribution is -0.117. The van der Waals surface area contributed by atoms with E-state index in [-0.39, 0.29) is 11.4 Å². The molecule has 0 unspecified atom stereocenters. The van der Waals surface area contributed by atoms with E-state index in [2.05, 4.69) is 37.2 Å². The molecular formula is C14H18Br2N2O. The maximum Gasteiger partial charge on any atom is 0.226 e. The monoisotopic (exact) mass is 388 g/mol. The molecule has 0 aromatic heterocycles. The van der Waals surface area contributed by atoms with Crippen molar-refractivity contribution in [2.75, 3.05) is 5.32 Å². The second kappa shape index (κ2) is 6.37.